The van der Waals surface area contributed by atoms with E-state index in [1.54, 1.807) is 0 Å². The fourth-order valence-electron chi connectivity index (χ4n) is 8.92. The van der Waals surface area contributed by atoms with Gasteiger partial charge in [-0.1, -0.05) is 35.9 Å². The van der Waals surface area contributed by atoms with Gasteiger partial charge >= 0.3 is 5.97 Å². The average molecular weight is 623 g/mol. The molecule has 0 amide bonds. The lowest BCUT2D eigenvalue weighted by molar-refractivity contribution is 0.0696. The molecule has 0 radical (unpaired) electrons. The summed E-state index contributed by atoms with van der Waals surface area (Å²) in [6.07, 6.45) is 0. The van der Waals surface area contributed by atoms with Gasteiger partial charge in [0.05, 0.1) is 5.56 Å². The first kappa shape index (κ1) is 33.9. The van der Waals surface area contributed by atoms with E-state index >= 15 is 0 Å². The predicted octanol–water partition coefficient (Wildman–Crippen LogP) is 12.4. The van der Waals surface area contributed by atoms with Crippen molar-refractivity contribution in [1.82, 2.24) is 0 Å². The molecule has 0 saturated heterocycles. The van der Waals surface area contributed by atoms with Crippen LogP contribution in [0.1, 0.15) is 88.2 Å². The van der Waals surface area contributed by atoms with Crippen molar-refractivity contribution >= 4 is 5.97 Å². The van der Waals surface area contributed by atoms with E-state index in [-0.39, 0.29) is 0 Å². The molecule has 0 fully saturated rings. The van der Waals surface area contributed by atoms with Gasteiger partial charge in [0, 0.05) is 0 Å². The van der Waals surface area contributed by atoms with Crippen LogP contribution in [0.5, 0.6) is 0 Å². The Labute approximate surface area is 282 Å². The molecular formula is C45H50O2. The zero-order chi connectivity index (χ0) is 34.8. The lowest BCUT2D eigenvalue weighted by atomic mass is 9.77. The van der Waals surface area contributed by atoms with Crippen molar-refractivity contribution in [2.45, 2.75) is 96.9 Å². The van der Waals surface area contributed by atoms with Crippen LogP contribution in [0.2, 0.25) is 0 Å². The Morgan fingerprint density at radius 1 is 0.340 bits per heavy atom. The number of carboxylic acids is 1. The van der Waals surface area contributed by atoms with Gasteiger partial charge in [0.1, 0.15) is 0 Å². The third-order valence-corrected chi connectivity index (χ3v) is 10.4. The van der Waals surface area contributed by atoms with Gasteiger partial charge in [-0.15, -0.1) is 0 Å². The summed E-state index contributed by atoms with van der Waals surface area (Å²) >= 11 is 0. The molecule has 0 aliphatic carbocycles. The van der Waals surface area contributed by atoms with E-state index in [4.69, 9.17) is 0 Å². The molecular weight excluding hydrogens is 572 g/mol. The van der Waals surface area contributed by atoms with Crippen molar-refractivity contribution in [2.75, 3.05) is 0 Å². The first-order chi connectivity index (χ1) is 22.0. The molecule has 5 aromatic carbocycles. The maximum absolute atomic E-state index is 11.8. The maximum Gasteiger partial charge on any atom is 0.335 e. The van der Waals surface area contributed by atoms with E-state index in [2.05, 4.69) is 113 Å². The summed E-state index contributed by atoms with van der Waals surface area (Å²) < 4.78 is 0. The van der Waals surface area contributed by atoms with Crippen molar-refractivity contribution in [3.8, 4) is 44.5 Å². The summed E-state index contributed by atoms with van der Waals surface area (Å²) in [5, 5.41) is 9.71. The molecule has 0 bridgehead atoms. The molecule has 1 N–H and O–H groups in total. The molecule has 2 nitrogen and oxygen atoms in total. The predicted molar refractivity (Wildman–Crippen MR) is 201 cm³/mol. The quantitative estimate of drug-likeness (QED) is 0.212. The van der Waals surface area contributed by atoms with E-state index in [0.717, 1.165) is 16.7 Å². The van der Waals surface area contributed by atoms with Crippen molar-refractivity contribution in [3.63, 3.8) is 0 Å². The highest BCUT2D eigenvalue weighted by atomic mass is 16.4. The Kier molecular flexibility index (Phi) is 8.88. The maximum atomic E-state index is 11.8. The largest absolute Gasteiger partial charge is 0.478 e. The zero-order valence-corrected chi connectivity index (χ0v) is 30.9. The standard InChI is InChI=1S/C45H50O2/c1-22-15-23(2)37(24(3)16-22)39-25(4)17-27(6)41(33(39)12)43-29(8)19-30(9)44(35(43)14)42-28(7)18-26(5)40(34(42)13)38-31(10)20-36(45(46)47)21-32(38)11/h15-21H,1-14H3,(H,46,47). The molecule has 5 rings (SSSR count). The Morgan fingerprint density at radius 3 is 0.809 bits per heavy atom. The molecule has 0 atom stereocenters. The molecule has 242 valence electrons. The Balaban J connectivity index is 1.84. The molecule has 0 aromatic heterocycles. The summed E-state index contributed by atoms with van der Waals surface area (Å²) in [4.78, 5) is 11.8. The number of aryl methyl sites for hydroxylation is 11. The Morgan fingerprint density at radius 2 is 0.553 bits per heavy atom. The molecule has 0 aliphatic rings. The van der Waals surface area contributed by atoms with E-state index in [9.17, 15) is 9.90 Å². The summed E-state index contributed by atoms with van der Waals surface area (Å²) in [6, 6.07) is 15.3. The smallest absolute Gasteiger partial charge is 0.335 e. The average Bonchev–Trinajstić information content (AvgIpc) is 2.94. The molecule has 0 heterocycles. The van der Waals surface area contributed by atoms with Crippen molar-refractivity contribution in [1.29, 1.82) is 0 Å². The number of benzene rings is 5. The number of rotatable bonds is 5. The van der Waals surface area contributed by atoms with Gasteiger partial charge in [-0.25, -0.2) is 4.79 Å². The number of hydrogen-bond acceptors (Lipinski definition) is 1. The lowest BCUT2D eigenvalue weighted by Gasteiger charge is -2.27. The van der Waals surface area contributed by atoms with Gasteiger partial charge in [0.2, 0.25) is 0 Å². The molecule has 0 aliphatic heterocycles. The van der Waals surface area contributed by atoms with E-state index in [0.29, 0.717) is 5.56 Å². The first-order valence-corrected chi connectivity index (χ1v) is 16.7. The molecule has 0 saturated carbocycles. The van der Waals surface area contributed by atoms with Gasteiger partial charge < -0.3 is 5.11 Å². The van der Waals surface area contributed by atoms with Crippen LogP contribution in [-0.2, 0) is 0 Å². The van der Waals surface area contributed by atoms with Gasteiger partial charge in [-0.3, -0.25) is 0 Å². The topological polar surface area (TPSA) is 37.3 Å². The minimum atomic E-state index is -0.892. The zero-order valence-electron chi connectivity index (χ0n) is 30.9. The summed E-state index contributed by atoms with van der Waals surface area (Å²) in [5.41, 5.74) is 28.0. The SMILES string of the molecule is Cc1cc(C)c(-c2c(C)cc(C)c(-c3c(C)cc(C)c(-c4c(C)cc(C)c(-c5c(C)cc(C(=O)O)cc5C)c4C)c3C)c2C)c(C)c1. The van der Waals surface area contributed by atoms with Crippen LogP contribution in [0, 0.1) is 96.9 Å². The molecule has 2 heteroatoms. The number of hydrogen-bond donors (Lipinski definition) is 1. The van der Waals surface area contributed by atoms with Crippen LogP contribution in [0.25, 0.3) is 44.5 Å². The minimum absolute atomic E-state index is 0.334. The molecule has 5 aromatic rings. The second-order valence-corrected chi connectivity index (χ2v) is 14.2. The molecule has 0 unspecified atom stereocenters. The lowest BCUT2D eigenvalue weighted by Crippen LogP contribution is -2.05. The van der Waals surface area contributed by atoms with E-state index in [1.165, 1.54) is 106 Å². The Hall–Kier alpha value is -4.43. The number of aromatic carboxylic acids is 1. The van der Waals surface area contributed by atoms with Crippen LogP contribution >= 0.6 is 0 Å². The highest BCUT2D eigenvalue weighted by molar-refractivity contribution is 5.94. The Bertz CT molecular complexity index is 2090. The summed E-state index contributed by atoms with van der Waals surface area (Å²) in [5.74, 6) is -0.892. The highest BCUT2D eigenvalue weighted by Crippen LogP contribution is 2.47. The normalized spacial score (nSPS) is 11.4. The molecule has 47 heavy (non-hydrogen) atoms. The second kappa shape index (κ2) is 12.3. The number of carboxylic acid groups (broad SMARTS) is 1. The van der Waals surface area contributed by atoms with Crippen LogP contribution in [0.3, 0.4) is 0 Å². The number of carbonyl (C=O) groups is 1. The van der Waals surface area contributed by atoms with Crippen molar-refractivity contribution in [3.05, 3.63) is 126 Å². The molecule has 0 spiro atoms. The summed E-state index contributed by atoms with van der Waals surface area (Å²) in [7, 11) is 0. The van der Waals surface area contributed by atoms with E-state index in [1.807, 2.05) is 26.0 Å². The first-order valence-electron chi connectivity index (χ1n) is 16.7. The monoisotopic (exact) mass is 622 g/mol. The summed E-state index contributed by atoms with van der Waals surface area (Å²) in [6.45, 7) is 31.0. The van der Waals surface area contributed by atoms with Crippen molar-refractivity contribution in [2.24, 2.45) is 0 Å². The van der Waals surface area contributed by atoms with Gasteiger partial charge in [0.15, 0.2) is 0 Å². The fraction of sp³-hybridized carbons (Fsp3) is 0.311. The van der Waals surface area contributed by atoms with Crippen LogP contribution < -0.4 is 0 Å². The third-order valence-electron chi connectivity index (χ3n) is 10.4. The van der Waals surface area contributed by atoms with Crippen LogP contribution in [0.15, 0.2) is 42.5 Å². The minimum Gasteiger partial charge on any atom is -0.478 e. The van der Waals surface area contributed by atoms with Gasteiger partial charge in [0.25, 0.3) is 0 Å². The second-order valence-electron chi connectivity index (χ2n) is 14.2. The van der Waals surface area contributed by atoms with E-state index < -0.39 is 5.97 Å². The van der Waals surface area contributed by atoms with Crippen LogP contribution in [-0.4, -0.2) is 11.1 Å². The fourth-order valence-corrected chi connectivity index (χ4v) is 8.92. The third kappa shape index (κ3) is 5.63. The highest BCUT2D eigenvalue weighted by Gasteiger charge is 2.25. The van der Waals surface area contributed by atoms with Gasteiger partial charge in [-0.05, 0) is 226 Å². The van der Waals surface area contributed by atoms with Gasteiger partial charge in [-0.2, -0.15) is 0 Å². The van der Waals surface area contributed by atoms with Crippen LogP contribution in [0.4, 0.5) is 0 Å². The van der Waals surface area contributed by atoms with Crippen molar-refractivity contribution < 1.29 is 9.90 Å².